The zero-order chi connectivity index (χ0) is 14.7. The Morgan fingerprint density at radius 3 is 2.70 bits per heavy atom. The SMILES string of the molecule is Cc1cnc(C(=O)Nc2cc([N+](=O)[O-])ccc2F)cn1. The molecule has 0 saturated carbocycles. The Bertz CT molecular complexity index is 673. The lowest BCUT2D eigenvalue weighted by atomic mass is 10.2. The third-order valence-electron chi connectivity index (χ3n) is 2.42. The van der Waals surface area contributed by atoms with Gasteiger partial charge in [-0.2, -0.15) is 0 Å². The largest absolute Gasteiger partial charge is 0.318 e. The standard InChI is InChI=1S/C12H9FN4O3/c1-7-5-15-11(6-14-7)12(18)16-10-4-8(17(19)20)2-3-9(10)13/h2-6H,1H3,(H,16,18). The number of carbonyl (C=O) groups is 1. The molecule has 0 spiro atoms. The number of anilines is 1. The van der Waals surface area contributed by atoms with Gasteiger partial charge in [-0.05, 0) is 13.0 Å². The first-order valence-corrected chi connectivity index (χ1v) is 5.51. The van der Waals surface area contributed by atoms with Gasteiger partial charge >= 0.3 is 0 Å². The molecule has 20 heavy (non-hydrogen) atoms. The van der Waals surface area contributed by atoms with E-state index in [0.717, 1.165) is 18.2 Å². The number of nitro groups is 1. The molecule has 0 aliphatic rings. The van der Waals surface area contributed by atoms with Crippen molar-refractivity contribution in [3.05, 3.63) is 57.9 Å². The lowest BCUT2D eigenvalue weighted by molar-refractivity contribution is -0.384. The quantitative estimate of drug-likeness (QED) is 0.683. The maximum atomic E-state index is 13.5. The second-order valence-corrected chi connectivity index (χ2v) is 3.92. The second kappa shape index (κ2) is 5.39. The topological polar surface area (TPSA) is 98.0 Å². The van der Waals surface area contributed by atoms with Crippen molar-refractivity contribution < 1.29 is 14.1 Å². The molecule has 102 valence electrons. The fraction of sp³-hybridized carbons (Fsp3) is 0.0833. The van der Waals surface area contributed by atoms with Crippen LogP contribution in [0.3, 0.4) is 0 Å². The van der Waals surface area contributed by atoms with E-state index in [1.165, 1.54) is 12.4 Å². The highest BCUT2D eigenvalue weighted by atomic mass is 19.1. The number of nitro benzene ring substituents is 1. The molecule has 0 fully saturated rings. The molecule has 0 bridgehead atoms. The zero-order valence-electron chi connectivity index (χ0n) is 10.3. The van der Waals surface area contributed by atoms with Crippen LogP contribution in [0.2, 0.25) is 0 Å². The van der Waals surface area contributed by atoms with Crippen molar-refractivity contribution in [3.8, 4) is 0 Å². The molecule has 0 radical (unpaired) electrons. The van der Waals surface area contributed by atoms with Crippen molar-refractivity contribution >= 4 is 17.3 Å². The van der Waals surface area contributed by atoms with Crippen LogP contribution in [0.4, 0.5) is 15.8 Å². The molecule has 1 heterocycles. The van der Waals surface area contributed by atoms with Crippen LogP contribution in [0.15, 0.2) is 30.6 Å². The molecule has 2 rings (SSSR count). The summed E-state index contributed by atoms with van der Waals surface area (Å²) < 4.78 is 13.5. The minimum Gasteiger partial charge on any atom is -0.318 e. The highest BCUT2D eigenvalue weighted by molar-refractivity contribution is 6.02. The monoisotopic (exact) mass is 276 g/mol. The summed E-state index contributed by atoms with van der Waals surface area (Å²) >= 11 is 0. The van der Waals surface area contributed by atoms with Gasteiger partial charge in [-0.1, -0.05) is 0 Å². The predicted molar refractivity (Wildman–Crippen MR) is 67.8 cm³/mol. The molecule has 1 amide bonds. The van der Waals surface area contributed by atoms with Crippen LogP contribution in [0.25, 0.3) is 0 Å². The first kappa shape index (κ1) is 13.5. The Morgan fingerprint density at radius 1 is 1.35 bits per heavy atom. The summed E-state index contributed by atoms with van der Waals surface area (Å²) in [5.41, 5.74) is 0.00727. The lowest BCUT2D eigenvalue weighted by Crippen LogP contribution is -2.15. The van der Waals surface area contributed by atoms with Gasteiger partial charge in [-0.3, -0.25) is 19.9 Å². The summed E-state index contributed by atoms with van der Waals surface area (Å²) in [6.07, 6.45) is 2.62. The zero-order valence-corrected chi connectivity index (χ0v) is 10.3. The lowest BCUT2D eigenvalue weighted by Gasteiger charge is -2.05. The molecule has 1 aromatic carbocycles. The Morgan fingerprint density at radius 2 is 2.10 bits per heavy atom. The summed E-state index contributed by atoms with van der Waals surface area (Å²) in [5, 5.41) is 12.8. The van der Waals surface area contributed by atoms with Gasteiger partial charge in [0.1, 0.15) is 11.5 Å². The summed E-state index contributed by atoms with van der Waals surface area (Å²) in [7, 11) is 0. The first-order chi connectivity index (χ1) is 9.47. The average Bonchev–Trinajstić information content (AvgIpc) is 2.41. The summed E-state index contributed by atoms with van der Waals surface area (Å²) in [5.74, 6) is -1.47. The summed E-state index contributed by atoms with van der Waals surface area (Å²) in [4.78, 5) is 29.5. The van der Waals surface area contributed by atoms with E-state index in [9.17, 15) is 19.3 Å². The molecular weight excluding hydrogens is 267 g/mol. The number of aryl methyl sites for hydroxylation is 1. The Hall–Kier alpha value is -2.90. The number of halogens is 1. The van der Waals surface area contributed by atoms with E-state index < -0.39 is 16.6 Å². The summed E-state index contributed by atoms with van der Waals surface area (Å²) in [6.45, 7) is 1.70. The average molecular weight is 276 g/mol. The number of hydrogen-bond acceptors (Lipinski definition) is 5. The third kappa shape index (κ3) is 2.91. The van der Waals surface area contributed by atoms with Crippen LogP contribution < -0.4 is 5.32 Å². The number of carbonyl (C=O) groups excluding carboxylic acids is 1. The van der Waals surface area contributed by atoms with E-state index in [4.69, 9.17) is 0 Å². The highest BCUT2D eigenvalue weighted by Crippen LogP contribution is 2.21. The third-order valence-corrected chi connectivity index (χ3v) is 2.42. The van der Waals surface area contributed by atoms with Gasteiger partial charge in [0.25, 0.3) is 11.6 Å². The Balaban J connectivity index is 2.25. The smallest absolute Gasteiger partial charge is 0.275 e. The van der Waals surface area contributed by atoms with E-state index in [1.54, 1.807) is 6.92 Å². The maximum Gasteiger partial charge on any atom is 0.275 e. The van der Waals surface area contributed by atoms with Crippen molar-refractivity contribution in [1.29, 1.82) is 0 Å². The molecule has 0 aliphatic carbocycles. The number of rotatable bonds is 3. The van der Waals surface area contributed by atoms with Crippen LogP contribution in [-0.2, 0) is 0 Å². The number of nitrogens with one attached hydrogen (secondary N) is 1. The highest BCUT2D eigenvalue weighted by Gasteiger charge is 2.15. The minimum absolute atomic E-state index is 0.0125. The fourth-order valence-corrected chi connectivity index (χ4v) is 1.42. The normalized spacial score (nSPS) is 10.1. The number of amides is 1. The Kier molecular flexibility index (Phi) is 3.65. The van der Waals surface area contributed by atoms with Crippen molar-refractivity contribution in [2.75, 3.05) is 5.32 Å². The Labute approximate surface area is 112 Å². The molecule has 0 aliphatic heterocycles. The maximum absolute atomic E-state index is 13.5. The molecule has 0 atom stereocenters. The molecule has 0 unspecified atom stereocenters. The molecule has 2 aromatic rings. The van der Waals surface area contributed by atoms with E-state index >= 15 is 0 Å². The van der Waals surface area contributed by atoms with E-state index in [-0.39, 0.29) is 17.1 Å². The van der Waals surface area contributed by atoms with Gasteiger partial charge in [-0.25, -0.2) is 9.37 Å². The molecule has 1 N–H and O–H groups in total. The first-order valence-electron chi connectivity index (χ1n) is 5.51. The molecular formula is C12H9FN4O3. The van der Waals surface area contributed by atoms with Crippen LogP contribution in [0.1, 0.15) is 16.2 Å². The van der Waals surface area contributed by atoms with Gasteiger partial charge < -0.3 is 5.32 Å². The minimum atomic E-state index is -0.774. The van der Waals surface area contributed by atoms with Gasteiger partial charge in [0.05, 0.1) is 22.5 Å². The van der Waals surface area contributed by atoms with Gasteiger partial charge in [0, 0.05) is 18.3 Å². The van der Waals surface area contributed by atoms with E-state index in [0.29, 0.717) is 5.69 Å². The molecule has 8 heteroatoms. The number of non-ortho nitro benzene ring substituents is 1. The van der Waals surface area contributed by atoms with Crippen LogP contribution >= 0.6 is 0 Å². The van der Waals surface area contributed by atoms with Crippen molar-refractivity contribution in [3.63, 3.8) is 0 Å². The van der Waals surface area contributed by atoms with Crippen molar-refractivity contribution in [2.24, 2.45) is 0 Å². The van der Waals surface area contributed by atoms with Gasteiger partial charge in [-0.15, -0.1) is 0 Å². The molecule has 7 nitrogen and oxygen atoms in total. The van der Waals surface area contributed by atoms with Crippen LogP contribution in [0.5, 0.6) is 0 Å². The number of nitrogens with zero attached hydrogens (tertiary/aromatic N) is 3. The fourth-order valence-electron chi connectivity index (χ4n) is 1.42. The number of aromatic nitrogens is 2. The molecule has 0 saturated heterocycles. The number of hydrogen-bond donors (Lipinski definition) is 1. The van der Waals surface area contributed by atoms with Crippen LogP contribution in [0, 0.1) is 22.9 Å². The summed E-state index contributed by atoms with van der Waals surface area (Å²) in [6, 6.07) is 2.86. The van der Waals surface area contributed by atoms with Crippen LogP contribution in [-0.4, -0.2) is 20.8 Å². The van der Waals surface area contributed by atoms with E-state index in [2.05, 4.69) is 15.3 Å². The van der Waals surface area contributed by atoms with Crippen molar-refractivity contribution in [1.82, 2.24) is 9.97 Å². The predicted octanol–water partition coefficient (Wildman–Crippen LogP) is 2.08. The van der Waals surface area contributed by atoms with E-state index in [1.807, 2.05) is 0 Å². The molecule has 1 aromatic heterocycles. The second-order valence-electron chi connectivity index (χ2n) is 3.92. The van der Waals surface area contributed by atoms with Gasteiger partial charge in [0.15, 0.2) is 0 Å². The number of benzene rings is 1. The van der Waals surface area contributed by atoms with Gasteiger partial charge in [0.2, 0.25) is 0 Å². The van der Waals surface area contributed by atoms with Crippen molar-refractivity contribution in [2.45, 2.75) is 6.92 Å².